The molecule has 0 bridgehead atoms. The predicted octanol–water partition coefficient (Wildman–Crippen LogP) is 8.66. The Balaban J connectivity index is 1.35. The molecule has 0 amide bonds. The van der Waals surface area contributed by atoms with Gasteiger partial charge < -0.3 is 18.9 Å². The van der Waals surface area contributed by atoms with Crippen LogP contribution in [0.2, 0.25) is 5.02 Å². The standard InChI is InChI=1S/C34H29ClN2O4/c1-23-33(32-22-38-21-31(41-32)26-15-9-4-10-16-26)34(37-36-23)27-17-28(35)30(40-20-25-13-7-3-8-14-25)18-29(27)39-19-24-11-5-2-6-12-24/h2-9,11-15,17-18,21-22H,10,16,19-20H2,1H3,(H,36,37). The van der Waals surface area contributed by atoms with Gasteiger partial charge in [0, 0.05) is 17.3 Å². The molecule has 2 aliphatic rings. The first-order chi connectivity index (χ1) is 20.2. The van der Waals surface area contributed by atoms with Crippen molar-refractivity contribution in [1.82, 2.24) is 10.2 Å². The first kappa shape index (κ1) is 26.5. The molecule has 41 heavy (non-hydrogen) atoms. The normalized spacial score (nSPS) is 14.3. The third-order valence-corrected chi connectivity index (χ3v) is 7.15. The van der Waals surface area contributed by atoms with Gasteiger partial charge in [-0.2, -0.15) is 5.10 Å². The van der Waals surface area contributed by atoms with Crippen LogP contribution >= 0.6 is 11.6 Å². The number of rotatable bonds is 9. The van der Waals surface area contributed by atoms with Crippen molar-refractivity contribution in [3.05, 3.63) is 142 Å². The van der Waals surface area contributed by atoms with E-state index in [-0.39, 0.29) is 0 Å². The van der Waals surface area contributed by atoms with Gasteiger partial charge in [-0.25, -0.2) is 0 Å². The molecule has 1 aliphatic carbocycles. The molecule has 1 N–H and O–H groups in total. The van der Waals surface area contributed by atoms with Gasteiger partial charge in [0.2, 0.25) is 0 Å². The highest BCUT2D eigenvalue weighted by molar-refractivity contribution is 6.32. The number of hydrogen-bond acceptors (Lipinski definition) is 5. The van der Waals surface area contributed by atoms with Crippen molar-refractivity contribution in [2.45, 2.75) is 33.0 Å². The smallest absolute Gasteiger partial charge is 0.173 e. The van der Waals surface area contributed by atoms with Crippen molar-refractivity contribution in [1.29, 1.82) is 0 Å². The fourth-order valence-electron chi connectivity index (χ4n) is 4.73. The molecule has 0 saturated heterocycles. The highest BCUT2D eigenvalue weighted by atomic mass is 35.5. The topological polar surface area (TPSA) is 65.6 Å². The van der Waals surface area contributed by atoms with Gasteiger partial charge >= 0.3 is 0 Å². The van der Waals surface area contributed by atoms with E-state index in [0.717, 1.165) is 40.8 Å². The molecule has 0 radical (unpaired) electrons. The average Bonchev–Trinajstić information content (AvgIpc) is 3.42. The van der Waals surface area contributed by atoms with Gasteiger partial charge in [0.15, 0.2) is 11.5 Å². The summed E-state index contributed by atoms with van der Waals surface area (Å²) < 4.78 is 24.6. The van der Waals surface area contributed by atoms with Gasteiger partial charge in [0.25, 0.3) is 0 Å². The van der Waals surface area contributed by atoms with E-state index in [1.54, 1.807) is 12.5 Å². The van der Waals surface area contributed by atoms with Crippen LogP contribution in [0.25, 0.3) is 17.0 Å². The van der Waals surface area contributed by atoms with Crippen LogP contribution in [-0.2, 0) is 22.7 Å². The first-order valence-corrected chi connectivity index (χ1v) is 13.9. The Morgan fingerprint density at radius 2 is 1.56 bits per heavy atom. The molecule has 7 heteroatoms. The number of aromatic amines is 1. The Morgan fingerprint density at radius 3 is 2.24 bits per heavy atom. The van der Waals surface area contributed by atoms with Crippen LogP contribution in [0.1, 0.15) is 35.2 Å². The van der Waals surface area contributed by atoms with E-state index in [1.165, 1.54) is 0 Å². The zero-order valence-electron chi connectivity index (χ0n) is 22.6. The highest BCUT2D eigenvalue weighted by Crippen LogP contribution is 2.43. The Labute approximate surface area is 244 Å². The quantitative estimate of drug-likeness (QED) is 0.220. The zero-order valence-corrected chi connectivity index (χ0v) is 23.4. The van der Waals surface area contributed by atoms with Gasteiger partial charge in [-0.15, -0.1) is 0 Å². The largest absolute Gasteiger partial charge is 0.488 e. The molecular weight excluding hydrogens is 536 g/mol. The number of aryl methyl sites for hydroxylation is 1. The lowest BCUT2D eigenvalue weighted by molar-refractivity contribution is 0.285. The molecule has 6 nitrogen and oxygen atoms in total. The van der Waals surface area contributed by atoms with E-state index >= 15 is 0 Å². The van der Waals surface area contributed by atoms with Crippen molar-refractivity contribution in [2.24, 2.45) is 0 Å². The number of aromatic nitrogens is 2. The molecule has 0 unspecified atom stereocenters. The maximum atomic E-state index is 6.79. The van der Waals surface area contributed by atoms with E-state index in [4.69, 9.17) is 30.5 Å². The van der Waals surface area contributed by atoms with Crippen molar-refractivity contribution < 1.29 is 18.9 Å². The Bertz CT molecular complexity index is 1650. The van der Waals surface area contributed by atoms with E-state index < -0.39 is 0 Å². The lowest BCUT2D eigenvalue weighted by Crippen LogP contribution is -2.05. The highest BCUT2D eigenvalue weighted by Gasteiger charge is 2.26. The fourth-order valence-corrected chi connectivity index (χ4v) is 4.95. The molecule has 1 aromatic heterocycles. The molecule has 3 aromatic carbocycles. The van der Waals surface area contributed by atoms with Crippen molar-refractivity contribution >= 4 is 17.4 Å². The molecule has 1 aliphatic heterocycles. The summed E-state index contributed by atoms with van der Waals surface area (Å²) in [5.41, 5.74) is 6.08. The summed E-state index contributed by atoms with van der Waals surface area (Å²) >= 11 is 6.79. The molecule has 0 spiro atoms. The second-order valence-corrected chi connectivity index (χ2v) is 10.2. The van der Waals surface area contributed by atoms with E-state index in [0.29, 0.717) is 52.5 Å². The minimum absolute atomic E-state index is 0.364. The number of nitrogens with one attached hydrogen (secondary N) is 1. The molecule has 6 rings (SSSR count). The summed E-state index contributed by atoms with van der Waals surface area (Å²) in [6, 6.07) is 23.6. The fraction of sp³-hybridized carbons (Fsp3) is 0.147. The van der Waals surface area contributed by atoms with E-state index in [9.17, 15) is 0 Å². The van der Waals surface area contributed by atoms with E-state index in [1.807, 2.05) is 91.9 Å². The number of H-pyrrole nitrogens is 1. The van der Waals surface area contributed by atoms with Gasteiger partial charge in [-0.05, 0) is 42.5 Å². The van der Waals surface area contributed by atoms with Crippen LogP contribution < -0.4 is 9.47 Å². The molecule has 206 valence electrons. The van der Waals surface area contributed by atoms with Crippen molar-refractivity contribution in [3.63, 3.8) is 0 Å². The second kappa shape index (κ2) is 12.2. The summed E-state index contributed by atoms with van der Waals surface area (Å²) in [6.07, 6.45) is 11.3. The Morgan fingerprint density at radius 1 is 0.878 bits per heavy atom. The third-order valence-electron chi connectivity index (χ3n) is 6.86. The number of halogens is 1. The van der Waals surface area contributed by atoms with Crippen LogP contribution in [0.5, 0.6) is 11.5 Å². The zero-order chi connectivity index (χ0) is 28.0. The summed E-state index contributed by atoms with van der Waals surface area (Å²) in [5, 5.41) is 8.21. The van der Waals surface area contributed by atoms with Crippen molar-refractivity contribution in [3.8, 4) is 22.8 Å². The van der Waals surface area contributed by atoms with Gasteiger partial charge in [0.1, 0.15) is 42.9 Å². The number of ether oxygens (including phenoxy) is 4. The van der Waals surface area contributed by atoms with Crippen LogP contribution in [0.4, 0.5) is 0 Å². The second-order valence-electron chi connectivity index (χ2n) is 9.76. The summed E-state index contributed by atoms with van der Waals surface area (Å²) in [5.74, 6) is 2.34. The molecule has 2 heterocycles. The number of allylic oxidation sites excluding steroid dienone is 4. The summed E-state index contributed by atoms with van der Waals surface area (Å²) in [6.45, 7) is 2.69. The predicted molar refractivity (Wildman–Crippen MR) is 160 cm³/mol. The van der Waals surface area contributed by atoms with Gasteiger partial charge in [0.05, 0.1) is 10.6 Å². The maximum Gasteiger partial charge on any atom is 0.173 e. The number of nitrogens with zero attached hydrogens (tertiary/aromatic N) is 1. The molecule has 0 atom stereocenters. The average molecular weight is 565 g/mol. The van der Waals surface area contributed by atoms with Crippen LogP contribution in [0, 0.1) is 6.92 Å². The van der Waals surface area contributed by atoms with Crippen molar-refractivity contribution in [2.75, 3.05) is 0 Å². The first-order valence-electron chi connectivity index (χ1n) is 13.5. The van der Waals surface area contributed by atoms with Gasteiger partial charge in [-0.3, -0.25) is 5.10 Å². The van der Waals surface area contributed by atoms with Crippen LogP contribution in [0.15, 0.2) is 115 Å². The lowest BCUT2D eigenvalue weighted by Gasteiger charge is -2.20. The monoisotopic (exact) mass is 564 g/mol. The third kappa shape index (κ3) is 6.08. The molecule has 4 aromatic rings. The lowest BCUT2D eigenvalue weighted by atomic mass is 10.0. The molecule has 0 saturated carbocycles. The number of hydrogen-bond donors (Lipinski definition) is 1. The maximum absolute atomic E-state index is 6.79. The summed E-state index contributed by atoms with van der Waals surface area (Å²) in [7, 11) is 0. The van der Waals surface area contributed by atoms with Crippen LogP contribution in [0.3, 0.4) is 0 Å². The number of benzene rings is 3. The SMILES string of the molecule is Cc1[nH]nc(-c2cc(Cl)c(OCc3ccccc3)cc2OCc2ccccc2)c1C1=COC=C(C2=CC=CCC2)O1. The Hall–Kier alpha value is -4.68. The summed E-state index contributed by atoms with van der Waals surface area (Å²) in [4.78, 5) is 0. The van der Waals surface area contributed by atoms with E-state index in [2.05, 4.69) is 16.3 Å². The minimum Gasteiger partial charge on any atom is -0.488 e. The molecule has 0 fully saturated rings. The minimum atomic E-state index is 0.364. The van der Waals surface area contributed by atoms with Gasteiger partial charge in [-0.1, -0.05) is 90.5 Å². The molecular formula is C34H29ClN2O4. The Kier molecular flexibility index (Phi) is 7.92. The van der Waals surface area contributed by atoms with Crippen LogP contribution in [-0.4, -0.2) is 10.2 Å².